The van der Waals surface area contributed by atoms with E-state index in [1.54, 1.807) is 0 Å². The van der Waals surface area contributed by atoms with Crippen molar-refractivity contribution in [3.05, 3.63) is 0 Å². The predicted octanol–water partition coefficient (Wildman–Crippen LogP) is 1.34. The third-order valence-corrected chi connectivity index (χ3v) is 2.67. The molecule has 1 unspecified atom stereocenters. The number of hydrogen-bond acceptors (Lipinski definition) is 4. The first-order valence-electron chi connectivity index (χ1n) is 6.25. The zero-order chi connectivity index (χ0) is 11.8. The maximum atomic E-state index is 11.5. The monoisotopic (exact) mass is 229 g/mol. The third kappa shape index (κ3) is 5.47. The average molecular weight is 229 g/mol. The molecule has 16 heavy (non-hydrogen) atoms. The smallest absolute Gasteiger partial charge is 0.325 e. The second-order valence-electron chi connectivity index (χ2n) is 4.17. The Morgan fingerprint density at radius 3 is 2.75 bits per heavy atom. The van der Waals surface area contributed by atoms with E-state index in [-0.39, 0.29) is 12.0 Å². The highest BCUT2D eigenvalue weighted by molar-refractivity contribution is 5.75. The zero-order valence-corrected chi connectivity index (χ0v) is 10.3. The van der Waals surface area contributed by atoms with Gasteiger partial charge in [-0.05, 0) is 25.8 Å². The molecular formula is C12H23NO3. The van der Waals surface area contributed by atoms with Crippen LogP contribution in [0.2, 0.25) is 0 Å². The molecule has 1 aliphatic rings. The van der Waals surface area contributed by atoms with Crippen molar-refractivity contribution in [1.29, 1.82) is 0 Å². The van der Waals surface area contributed by atoms with Crippen LogP contribution < -0.4 is 5.32 Å². The van der Waals surface area contributed by atoms with Gasteiger partial charge < -0.3 is 14.8 Å². The second-order valence-corrected chi connectivity index (χ2v) is 4.17. The molecule has 0 radical (unpaired) electrons. The van der Waals surface area contributed by atoms with Crippen molar-refractivity contribution < 1.29 is 14.3 Å². The summed E-state index contributed by atoms with van der Waals surface area (Å²) in [6.07, 6.45) is 3.82. The Morgan fingerprint density at radius 2 is 2.19 bits per heavy atom. The first-order chi connectivity index (χ1) is 7.77. The van der Waals surface area contributed by atoms with E-state index >= 15 is 0 Å². The number of hydrogen-bond donors (Lipinski definition) is 1. The van der Waals surface area contributed by atoms with E-state index in [0.717, 1.165) is 25.5 Å². The lowest BCUT2D eigenvalue weighted by Gasteiger charge is -2.16. The molecule has 0 aromatic heterocycles. The molecule has 1 aliphatic carbocycles. The Kier molecular flexibility index (Phi) is 6.42. The number of carbonyl (C=O) groups excluding carboxylic acids is 1. The molecule has 4 heteroatoms. The minimum atomic E-state index is -0.316. The van der Waals surface area contributed by atoms with Gasteiger partial charge in [0.05, 0.1) is 13.2 Å². The van der Waals surface area contributed by atoms with Gasteiger partial charge in [-0.25, -0.2) is 0 Å². The lowest BCUT2D eigenvalue weighted by Crippen LogP contribution is -2.41. The molecule has 0 aliphatic heterocycles. The van der Waals surface area contributed by atoms with Gasteiger partial charge in [0.15, 0.2) is 0 Å². The van der Waals surface area contributed by atoms with Crippen molar-refractivity contribution in [3.8, 4) is 0 Å². The molecule has 1 rings (SSSR count). The minimum absolute atomic E-state index is 0.212. The van der Waals surface area contributed by atoms with Crippen LogP contribution in [0.4, 0.5) is 0 Å². The first-order valence-corrected chi connectivity index (χ1v) is 6.25. The lowest BCUT2D eigenvalue weighted by molar-refractivity contribution is -0.147. The van der Waals surface area contributed by atoms with Crippen LogP contribution in [-0.2, 0) is 14.3 Å². The van der Waals surface area contributed by atoms with Crippen molar-refractivity contribution in [2.75, 3.05) is 26.4 Å². The average Bonchev–Trinajstić information content (AvgIpc) is 3.07. The van der Waals surface area contributed by atoms with E-state index in [9.17, 15) is 4.79 Å². The van der Waals surface area contributed by atoms with Gasteiger partial charge in [-0.2, -0.15) is 0 Å². The van der Waals surface area contributed by atoms with Gasteiger partial charge in [-0.15, -0.1) is 0 Å². The normalized spacial score (nSPS) is 17.1. The van der Waals surface area contributed by atoms with E-state index in [1.165, 1.54) is 12.8 Å². The van der Waals surface area contributed by atoms with E-state index in [1.807, 2.05) is 13.8 Å². The molecule has 0 amide bonds. The fraction of sp³-hybridized carbons (Fsp3) is 0.917. The van der Waals surface area contributed by atoms with E-state index in [2.05, 4.69) is 5.32 Å². The highest BCUT2D eigenvalue weighted by Crippen LogP contribution is 2.32. The van der Waals surface area contributed by atoms with E-state index in [4.69, 9.17) is 9.47 Å². The molecular weight excluding hydrogens is 206 g/mol. The molecule has 1 fully saturated rings. The fourth-order valence-electron chi connectivity index (χ4n) is 1.56. The van der Waals surface area contributed by atoms with Crippen molar-refractivity contribution >= 4 is 5.97 Å². The summed E-state index contributed by atoms with van der Waals surface area (Å²) in [5, 5.41) is 3.07. The Hall–Kier alpha value is -0.610. The maximum absolute atomic E-state index is 11.5. The number of rotatable bonds is 9. The van der Waals surface area contributed by atoms with Crippen LogP contribution in [-0.4, -0.2) is 38.4 Å². The Balaban J connectivity index is 2.12. The van der Waals surface area contributed by atoms with Crippen molar-refractivity contribution in [2.24, 2.45) is 5.92 Å². The van der Waals surface area contributed by atoms with Gasteiger partial charge in [0.1, 0.15) is 6.04 Å². The van der Waals surface area contributed by atoms with Gasteiger partial charge in [-0.3, -0.25) is 4.79 Å². The standard InChI is InChI=1S/C12H23NO3/c1-3-13-11(12(14)16-4-2)9-15-8-7-10-5-6-10/h10-11,13H,3-9H2,1-2H3. The van der Waals surface area contributed by atoms with Crippen LogP contribution in [0.15, 0.2) is 0 Å². The summed E-state index contributed by atoms with van der Waals surface area (Å²) in [7, 11) is 0. The fourth-order valence-corrected chi connectivity index (χ4v) is 1.56. The molecule has 0 spiro atoms. The highest BCUT2D eigenvalue weighted by atomic mass is 16.5. The lowest BCUT2D eigenvalue weighted by atomic mass is 10.3. The van der Waals surface area contributed by atoms with Gasteiger partial charge in [0.2, 0.25) is 0 Å². The molecule has 0 aromatic rings. The van der Waals surface area contributed by atoms with Gasteiger partial charge in [0.25, 0.3) is 0 Å². The summed E-state index contributed by atoms with van der Waals surface area (Å²) >= 11 is 0. The SMILES string of the molecule is CCNC(COCCC1CC1)C(=O)OCC. The largest absolute Gasteiger partial charge is 0.465 e. The summed E-state index contributed by atoms with van der Waals surface area (Å²) in [4.78, 5) is 11.5. The summed E-state index contributed by atoms with van der Waals surface area (Å²) in [5.74, 6) is 0.663. The summed E-state index contributed by atoms with van der Waals surface area (Å²) in [5.41, 5.74) is 0. The number of ether oxygens (including phenoxy) is 2. The molecule has 0 aromatic carbocycles. The van der Waals surface area contributed by atoms with Crippen molar-refractivity contribution in [3.63, 3.8) is 0 Å². The Morgan fingerprint density at radius 1 is 1.44 bits per heavy atom. The number of esters is 1. The Bertz CT molecular complexity index is 204. The number of carbonyl (C=O) groups is 1. The van der Waals surface area contributed by atoms with Crippen molar-refractivity contribution in [1.82, 2.24) is 5.32 Å². The highest BCUT2D eigenvalue weighted by Gasteiger charge is 2.22. The van der Waals surface area contributed by atoms with Crippen LogP contribution in [0.5, 0.6) is 0 Å². The van der Waals surface area contributed by atoms with Crippen LogP contribution in [0, 0.1) is 5.92 Å². The van der Waals surface area contributed by atoms with E-state index < -0.39 is 0 Å². The summed E-state index contributed by atoms with van der Waals surface area (Å²) in [6.45, 7) is 6.12. The zero-order valence-electron chi connectivity index (χ0n) is 10.3. The molecule has 1 N–H and O–H groups in total. The molecule has 1 saturated carbocycles. The number of likely N-dealkylation sites (N-methyl/N-ethyl adjacent to an activating group) is 1. The van der Waals surface area contributed by atoms with Gasteiger partial charge in [0, 0.05) is 6.61 Å². The molecule has 4 nitrogen and oxygen atoms in total. The summed E-state index contributed by atoms with van der Waals surface area (Å²) in [6, 6.07) is -0.316. The molecule has 0 heterocycles. The topological polar surface area (TPSA) is 47.6 Å². The Labute approximate surface area is 97.7 Å². The van der Waals surface area contributed by atoms with Crippen LogP contribution >= 0.6 is 0 Å². The number of nitrogens with one attached hydrogen (secondary N) is 1. The first kappa shape index (κ1) is 13.5. The minimum Gasteiger partial charge on any atom is -0.465 e. The molecule has 1 atom stereocenters. The van der Waals surface area contributed by atoms with Crippen LogP contribution in [0.3, 0.4) is 0 Å². The second kappa shape index (κ2) is 7.63. The summed E-state index contributed by atoms with van der Waals surface area (Å²) < 4.78 is 10.5. The van der Waals surface area contributed by atoms with Gasteiger partial charge >= 0.3 is 5.97 Å². The van der Waals surface area contributed by atoms with Crippen molar-refractivity contribution in [2.45, 2.75) is 39.2 Å². The third-order valence-electron chi connectivity index (χ3n) is 2.67. The molecule has 0 bridgehead atoms. The van der Waals surface area contributed by atoms with Crippen LogP contribution in [0.1, 0.15) is 33.1 Å². The quantitative estimate of drug-likeness (QED) is 0.479. The predicted molar refractivity (Wildman–Crippen MR) is 62.3 cm³/mol. The van der Waals surface area contributed by atoms with E-state index in [0.29, 0.717) is 13.2 Å². The van der Waals surface area contributed by atoms with Crippen LogP contribution in [0.25, 0.3) is 0 Å². The molecule has 0 saturated heterocycles. The maximum Gasteiger partial charge on any atom is 0.325 e. The molecule has 94 valence electrons. The van der Waals surface area contributed by atoms with Gasteiger partial charge in [-0.1, -0.05) is 19.8 Å².